The molecule has 0 unspecified atom stereocenters. The lowest BCUT2D eigenvalue weighted by atomic mass is 10.2. The fourth-order valence-electron chi connectivity index (χ4n) is 1.78. The number of aromatic nitrogens is 3. The topological polar surface area (TPSA) is 82.7 Å². The van der Waals surface area contributed by atoms with Crippen molar-refractivity contribution in [3.63, 3.8) is 0 Å². The predicted molar refractivity (Wildman–Crippen MR) is 81.1 cm³/mol. The molecule has 2 aromatic heterocycles. The molecule has 0 saturated heterocycles. The molecule has 3 N–H and O–H groups in total. The quantitative estimate of drug-likeness (QED) is 0.684. The molecule has 0 aliphatic rings. The van der Waals surface area contributed by atoms with Gasteiger partial charge in [0.25, 0.3) is 5.91 Å². The van der Waals surface area contributed by atoms with E-state index in [2.05, 4.69) is 41.7 Å². The SMILES string of the molecule is Cc1[nH]nc(C(=O)NCCNc2ncccc2C(F)(F)F)c1Br. The summed E-state index contributed by atoms with van der Waals surface area (Å²) in [6.07, 6.45) is -3.23. The van der Waals surface area contributed by atoms with Crippen LogP contribution in [0.2, 0.25) is 0 Å². The summed E-state index contributed by atoms with van der Waals surface area (Å²) in [5, 5.41) is 11.6. The van der Waals surface area contributed by atoms with E-state index in [-0.39, 0.29) is 24.6 Å². The molecule has 0 bridgehead atoms. The van der Waals surface area contributed by atoms with Crippen molar-refractivity contribution < 1.29 is 18.0 Å². The molecule has 2 aromatic rings. The monoisotopic (exact) mass is 391 g/mol. The Bertz CT molecular complexity index is 701. The molecule has 0 saturated carbocycles. The second-order valence-electron chi connectivity index (χ2n) is 4.59. The van der Waals surface area contributed by atoms with Crippen molar-refractivity contribution >= 4 is 27.7 Å². The van der Waals surface area contributed by atoms with Gasteiger partial charge >= 0.3 is 6.18 Å². The number of carbonyl (C=O) groups is 1. The maximum atomic E-state index is 12.8. The zero-order valence-corrected chi connectivity index (χ0v) is 13.5. The number of halogens is 4. The van der Waals surface area contributed by atoms with E-state index in [0.29, 0.717) is 10.2 Å². The molecule has 0 aromatic carbocycles. The number of hydrogen-bond donors (Lipinski definition) is 3. The van der Waals surface area contributed by atoms with Crippen LogP contribution in [-0.4, -0.2) is 34.2 Å². The van der Waals surface area contributed by atoms with E-state index >= 15 is 0 Å². The zero-order valence-electron chi connectivity index (χ0n) is 12.0. The van der Waals surface area contributed by atoms with Crippen molar-refractivity contribution in [3.05, 3.63) is 39.8 Å². The summed E-state index contributed by atoms with van der Waals surface area (Å²) in [5.74, 6) is -0.703. The number of hydrogen-bond acceptors (Lipinski definition) is 4. The molecule has 2 rings (SSSR count). The van der Waals surface area contributed by atoms with Gasteiger partial charge in [-0.3, -0.25) is 9.89 Å². The fourth-order valence-corrected chi connectivity index (χ4v) is 2.14. The van der Waals surface area contributed by atoms with Gasteiger partial charge in [-0.05, 0) is 35.0 Å². The van der Waals surface area contributed by atoms with E-state index in [4.69, 9.17) is 0 Å². The number of aromatic amines is 1. The van der Waals surface area contributed by atoms with E-state index in [0.717, 1.165) is 6.07 Å². The number of anilines is 1. The molecule has 0 radical (unpaired) electrons. The van der Waals surface area contributed by atoms with Crippen LogP contribution in [0.4, 0.5) is 19.0 Å². The number of aryl methyl sites for hydroxylation is 1. The highest BCUT2D eigenvalue weighted by molar-refractivity contribution is 9.10. The van der Waals surface area contributed by atoms with Crippen LogP contribution in [-0.2, 0) is 6.18 Å². The average molecular weight is 392 g/mol. The molecule has 0 aliphatic heterocycles. The molecular weight excluding hydrogens is 379 g/mol. The Kier molecular flexibility index (Phi) is 5.24. The lowest BCUT2D eigenvalue weighted by molar-refractivity contribution is -0.137. The Morgan fingerprint density at radius 3 is 2.74 bits per heavy atom. The lowest BCUT2D eigenvalue weighted by Gasteiger charge is -2.13. The first-order valence-corrected chi connectivity index (χ1v) is 7.34. The number of pyridine rings is 1. The third-order valence-electron chi connectivity index (χ3n) is 2.90. The Morgan fingerprint density at radius 1 is 1.39 bits per heavy atom. The third kappa shape index (κ3) is 4.21. The number of rotatable bonds is 5. The largest absolute Gasteiger partial charge is 0.419 e. The van der Waals surface area contributed by atoms with Crippen LogP contribution in [0, 0.1) is 6.92 Å². The highest BCUT2D eigenvalue weighted by Gasteiger charge is 2.33. The summed E-state index contributed by atoms with van der Waals surface area (Å²) >= 11 is 3.22. The summed E-state index contributed by atoms with van der Waals surface area (Å²) < 4.78 is 38.9. The molecule has 23 heavy (non-hydrogen) atoms. The number of H-pyrrole nitrogens is 1. The number of nitrogens with zero attached hydrogens (tertiary/aromatic N) is 2. The summed E-state index contributed by atoms with van der Waals surface area (Å²) in [5.41, 5.74) is 0.0462. The number of alkyl halides is 3. The highest BCUT2D eigenvalue weighted by Crippen LogP contribution is 2.33. The van der Waals surface area contributed by atoms with Crippen molar-refractivity contribution in [1.29, 1.82) is 0 Å². The lowest BCUT2D eigenvalue weighted by Crippen LogP contribution is -2.29. The minimum Gasteiger partial charge on any atom is -0.368 e. The summed E-state index contributed by atoms with van der Waals surface area (Å²) in [7, 11) is 0. The minimum absolute atomic E-state index is 0.0901. The molecule has 10 heteroatoms. The Hall–Kier alpha value is -2.10. The van der Waals surface area contributed by atoms with Gasteiger partial charge in [0.1, 0.15) is 5.82 Å². The van der Waals surface area contributed by atoms with Crippen molar-refractivity contribution in [3.8, 4) is 0 Å². The van der Waals surface area contributed by atoms with Gasteiger partial charge in [-0.25, -0.2) is 4.98 Å². The molecule has 2 heterocycles. The van der Waals surface area contributed by atoms with Gasteiger partial charge in [-0.1, -0.05) is 0 Å². The molecule has 6 nitrogen and oxygen atoms in total. The molecule has 1 amide bonds. The van der Waals surface area contributed by atoms with Crippen LogP contribution in [0.15, 0.2) is 22.8 Å². The molecule has 0 fully saturated rings. The van der Waals surface area contributed by atoms with Crippen LogP contribution < -0.4 is 10.6 Å². The highest BCUT2D eigenvalue weighted by atomic mass is 79.9. The van der Waals surface area contributed by atoms with E-state index < -0.39 is 17.6 Å². The zero-order chi connectivity index (χ0) is 17.0. The van der Waals surface area contributed by atoms with Crippen molar-refractivity contribution in [2.75, 3.05) is 18.4 Å². The van der Waals surface area contributed by atoms with Gasteiger partial charge in [-0.15, -0.1) is 0 Å². The minimum atomic E-state index is -4.49. The molecule has 124 valence electrons. The van der Waals surface area contributed by atoms with Gasteiger partial charge < -0.3 is 10.6 Å². The van der Waals surface area contributed by atoms with Crippen molar-refractivity contribution in [2.45, 2.75) is 13.1 Å². The summed E-state index contributed by atoms with van der Waals surface area (Å²) in [6.45, 7) is 1.95. The summed E-state index contributed by atoms with van der Waals surface area (Å²) in [4.78, 5) is 15.5. The van der Waals surface area contributed by atoms with E-state index in [1.807, 2.05) is 0 Å². The first-order valence-electron chi connectivity index (χ1n) is 6.55. The van der Waals surface area contributed by atoms with Gasteiger partial charge in [0.15, 0.2) is 5.69 Å². The number of nitrogens with one attached hydrogen (secondary N) is 3. The van der Waals surface area contributed by atoms with Crippen LogP contribution in [0.3, 0.4) is 0 Å². The van der Waals surface area contributed by atoms with Crippen LogP contribution in [0.5, 0.6) is 0 Å². The maximum Gasteiger partial charge on any atom is 0.419 e. The van der Waals surface area contributed by atoms with Crippen LogP contribution >= 0.6 is 15.9 Å². The molecule has 0 aliphatic carbocycles. The van der Waals surface area contributed by atoms with Gasteiger partial charge in [0, 0.05) is 25.0 Å². The van der Waals surface area contributed by atoms with Crippen molar-refractivity contribution in [1.82, 2.24) is 20.5 Å². The van der Waals surface area contributed by atoms with E-state index in [1.165, 1.54) is 12.3 Å². The van der Waals surface area contributed by atoms with Gasteiger partial charge in [-0.2, -0.15) is 18.3 Å². The predicted octanol–water partition coefficient (Wildman–Crippen LogP) is 2.74. The normalized spacial score (nSPS) is 11.3. The Labute approximate surface area is 138 Å². The number of carbonyl (C=O) groups excluding carboxylic acids is 1. The van der Waals surface area contributed by atoms with Gasteiger partial charge in [0.05, 0.1) is 10.0 Å². The van der Waals surface area contributed by atoms with E-state index in [1.54, 1.807) is 6.92 Å². The second kappa shape index (κ2) is 6.99. The Morgan fingerprint density at radius 2 is 2.13 bits per heavy atom. The maximum absolute atomic E-state index is 12.8. The number of amides is 1. The van der Waals surface area contributed by atoms with E-state index in [9.17, 15) is 18.0 Å². The van der Waals surface area contributed by atoms with Gasteiger partial charge in [0.2, 0.25) is 0 Å². The smallest absolute Gasteiger partial charge is 0.368 e. The summed E-state index contributed by atoms with van der Waals surface area (Å²) in [6, 6.07) is 2.16. The fraction of sp³-hybridized carbons (Fsp3) is 0.308. The second-order valence-corrected chi connectivity index (χ2v) is 5.38. The molecular formula is C13H13BrF3N5O. The van der Waals surface area contributed by atoms with Crippen LogP contribution in [0.1, 0.15) is 21.7 Å². The molecule has 0 spiro atoms. The first-order chi connectivity index (χ1) is 10.8. The standard InChI is InChI=1S/C13H13BrF3N5O/c1-7-9(14)10(22-21-7)12(23)20-6-5-19-11-8(13(15,16)17)3-2-4-18-11/h2-4H,5-6H2,1H3,(H,18,19)(H,20,23)(H,21,22). The molecule has 0 atom stereocenters. The first kappa shape index (κ1) is 17.3. The van der Waals surface area contributed by atoms with Crippen LogP contribution in [0.25, 0.3) is 0 Å². The van der Waals surface area contributed by atoms with Crippen molar-refractivity contribution in [2.24, 2.45) is 0 Å². The Balaban J connectivity index is 1.89. The average Bonchev–Trinajstić information content (AvgIpc) is 2.83. The third-order valence-corrected chi connectivity index (χ3v) is 3.87.